The van der Waals surface area contributed by atoms with E-state index in [4.69, 9.17) is 4.74 Å². The number of nitrogens with one attached hydrogen (secondary N) is 1. The number of imide groups is 1. The van der Waals surface area contributed by atoms with Crippen molar-refractivity contribution >= 4 is 50.3 Å². The van der Waals surface area contributed by atoms with Gasteiger partial charge in [0.15, 0.2) is 0 Å². The highest BCUT2D eigenvalue weighted by Gasteiger charge is 2.39. The van der Waals surface area contributed by atoms with E-state index < -0.39 is 23.7 Å². The lowest BCUT2D eigenvalue weighted by Gasteiger charge is -2.19. The van der Waals surface area contributed by atoms with Crippen LogP contribution in [0.4, 0.5) is 29.3 Å². The van der Waals surface area contributed by atoms with Gasteiger partial charge in [-0.1, -0.05) is 6.07 Å². The molecule has 2 aromatic carbocycles. The first-order valence-electron chi connectivity index (χ1n) is 9.93. The van der Waals surface area contributed by atoms with Gasteiger partial charge < -0.3 is 9.72 Å². The fourth-order valence-corrected chi connectivity index (χ4v) is 4.11. The number of fused-ring (bicyclic) bond motifs is 1. The minimum Gasteiger partial charge on any atom is -0.455 e. The molecule has 11 heteroatoms. The standard InChI is InChI=1S/C23H14BrF3N4O3/c24-17-11-15(4-5-19(17)34-18-7-9-29-21-16(18)6-8-28-21)31-20(32)12-30(22(31)33)14-3-1-2-13(10-14)23(25,26)27/h1-11H,12H2,(H,28,29). The number of halogens is 4. The van der Waals surface area contributed by atoms with Gasteiger partial charge in [0.05, 0.1) is 21.1 Å². The summed E-state index contributed by atoms with van der Waals surface area (Å²) in [5.41, 5.74) is 0.00175. The van der Waals surface area contributed by atoms with Crippen molar-refractivity contribution in [2.24, 2.45) is 0 Å². The Morgan fingerprint density at radius 1 is 1.00 bits per heavy atom. The molecule has 1 fully saturated rings. The number of pyridine rings is 1. The number of ether oxygens (including phenoxy) is 1. The van der Waals surface area contributed by atoms with Gasteiger partial charge in [-0.3, -0.25) is 9.69 Å². The molecular weight excluding hydrogens is 517 g/mol. The predicted molar refractivity (Wildman–Crippen MR) is 122 cm³/mol. The summed E-state index contributed by atoms with van der Waals surface area (Å²) >= 11 is 3.40. The first-order valence-corrected chi connectivity index (χ1v) is 10.7. The molecule has 1 saturated heterocycles. The number of hydrogen-bond acceptors (Lipinski definition) is 4. The van der Waals surface area contributed by atoms with Crippen molar-refractivity contribution in [2.45, 2.75) is 6.18 Å². The van der Waals surface area contributed by atoms with Gasteiger partial charge in [-0.25, -0.2) is 14.7 Å². The third-order valence-corrected chi connectivity index (χ3v) is 5.88. The zero-order valence-corrected chi connectivity index (χ0v) is 18.7. The van der Waals surface area contributed by atoms with Crippen LogP contribution in [0.3, 0.4) is 0 Å². The van der Waals surface area contributed by atoms with Gasteiger partial charge in [0.2, 0.25) is 0 Å². The first kappa shape index (κ1) is 22.0. The molecule has 0 bridgehead atoms. The number of urea groups is 1. The van der Waals surface area contributed by atoms with Crippen LogP contribution in [0.2, 0.25) is 0 Å². The number of anilines is 2. The fourth-order valence-electron chi connectivity index (χ4n) is 3.66. The van der Waals surface area contributed by atoms with Gasteiger partial charge in [-0.15, -0.1) is 0 Å². The maximum absolute atomic E-state index is 13.1. The van der Waals surface area contributed by atoms with Gasteiger partial charge in [0.1, 0.15) is 23.7 Å². The number of H-pyrrole nitrogens is 1. The number of nitrogens with zero attached hydrogens (tertiary/aromatic N) is 3. The summed E-state index contributed by atoms with van der Waals surface area (Å²) in [4.78, 5) is 34.7. The number of carbonyl (C=O) groups excluding carboxylic acids is 2. The highest BCUT2D eigenvalue weighted by Crippen LogP contribution is 2.37. The van der Waals surface area contributed by atoms with E-state index in [2.05, 4.69) is 25.9 Å². The second-order valence-electron chi connectivity index (χ2n) is 7.41. The summed E-state index contributed by atoms with van der Waals surface area (Å²) in [6.07, 6.45) is -1.23. The van der Waals surface area contributed by atoms with Gasteiger partial charge >= 0.3 is 12.2 Å². The molecule has 0 aliphatic carbocycles. The van der Waals surface area contributed by atoms with E-state index >= 15 is 0 Å². The van der Waals surface area contributed by atoms with Crippen LogP contribution in [-0.2, 0) is 11.0 Å². The average Bonchev–Trinajstić information content (AvgIpc) is 3.39. The molecule has 34 heavy (non-hydrogen) atoms. The molecule has 2 aromatic heterocycles. The molecule has 0 saturated carbocycles. The lowest BCUT2D eigenvalue weighted by Crippen LogP contribution is -2.33. The molecule has 4 aromatic rings. The van der Waals surface area contributed by atoms with Crippen LogP contribution in [0.5, 0.6) is 11.5 Å². The van der Waals surface area contributed by atoms with E-state index in [1.165, 1.54) is 24.3 Å². The maximum Gasteiger partial charge on any atom is 0.416 e. The monoisotopic (exact) mass is 530 g/mol. The smallest absolute Gasteiger partial charge is 0.416 e. The average molecular weight is 531 g/mol. The van der Waals surface area contributed by atoms with Gasteiger partial charge in [-0.05, 0) is 64.5 Å². The topological polar surface area (TPSA) is 78.5 Å². The van der Waals surface area contributed by atoms with Crippen molar-refractivity contribution < 1.29 is 27.5 Å². The van der Waals surface area contributed by atoms with Crippen LogP contribution in [-0.4, -0.2) is 28.5 Å². The Hall–Kier alpha value is -3.86. The number of amides is 3. The van der Waals surface area contributed by atoms with Gasteiger partial charge in [0.25, 0.3) is 5.91 Å². The molecule has 0 atom stereocenters. The molecule has 3 amide bonds. The van der Waals surface area contributed by atoms with Crippen molar-refractivity contribution in [1.82, 2.24) is 9.97 Å². The van der Waals surface area contributed by atoms with Crippen LogP contribution in [0, 0.1) is 0 Å². The highest BCUT2D eigenvalue weighted by molar-refractivity contribution is 9.10. The maximum atomic E-state index is 13.1. The van der Waals surface area contributed by atoms with Crippen molar-refractivity contribution in [3.63, 3.8) is 0 Å². The van der Waals surface area contributed by atoms with Gasteiger partial charge in [-0.2, -0.15) is 13.2 Å². The molecule has 172 valence electrons. The van der Waals surface area contributed by atoms with Crippen molar-refractivity contribution in [1.29, 1.82) is 0 Å². The van der Waals surface area contributed by atoms with E-state index in [-0.39, 0.29) is 17.9 Å². The Morgan fingerprint density at radius 3 is 2.59 bits per heavy atom. The third kappa shape index (κ3) is 3.87. The molecular formula is C23H14BrF3N4O3. The number of aromatic nitrogens is 2. The summed E-state index contributed by atoms with van der Waals surface area (Å²) in [6, 6.07) is 11.7. The summed E-state index contributed by atoms with van der Waals surface area (Å²) in [6.45, 7) is -0.376. The Kier molecular flexibility index (Phi) is 5.28. The highest BCUT2D eigenvalue weighted by atomic mass is 79.9. The second-order valence-corrected chi connectivity index (χ2v) is 8.27. The lowest BCUT2D eigenvalue weighted by molar-refractivity contribution is -0.137. The molecule has 1 N–H and O–H groups in total. The van der Waals surface area contributed by atoms with Crippen LogP contribution in [0.1, 0.15) is 5.56 Å². The van der Waals surface area contributed by atoms with E-state index in [1.54, 1.807) is 24.5 Å². The molecule has 5 rings (SSSR count). The molecule has 1 aliphatic rings. The molecule has 7 nitrogen and oxygen atoms in total. The van der Waals surface area contributed by atoms with Crippen molar-refractivity contribution in [3.8, 4) is 11.5 Å². The largest absolute Gasteiger partial charge is 0.455 e. The third-order valence-electron chi connectivity index (χ3n) is 5.26. The molecule has 3 heterocycles. The number of rotatable bonds is 4. The quantitative estimate of drug-likeness (QED) is 0.323. The Labute approximate surface area is 198 Å². The van der Waals surface area contributed by atoms with Crippen LogP contribution < -0.4 is 14.5 Å². The Bertz CT molecular complexity index is 1440. The number of aromatic amines is 1. The zero-order valence-electron chi connectivity index (χ0n) is 17.1. The lowest BCUT2D eigenvalue weighted by atomic mass is 10.2. The van der Waals surface area contributed by atoms with E-state index in [0.29, 0.717) is 21.6 Å². The number of benzene rings is 2. The minimum atomic E-state index is -4.57. The zero-order chi connectivity index (χ0) is 24.0. The fraction of sp³-hybridized carbons (Fsp3) is 0.0870. The van der Waals surface area contributed by atoms with E-state index in [1.807, 2.05) is 6.07 Å². The number of alkyl halides is 3. The summed E-state index contributed by atoms with van der Waals surface area (Å²) in [7, 11) is 0. The Morgan fingerprint density at radius 2 is 1.82 bits per heavy atom. The van der Waals surface area contributed by atoms with Crippen LogP contribution in [0.25, 0.3) is 11.0 Å². The molecule has 1 aliphatic heterocycles. The van der Waals surface area contributed by atoms with Crippen molar-refractivity contribution in [2.75, 3.05) is 16.3 Å². The second kappa shape index (κ2) is 8.17. The normalized spacial score (nSPS) is 14.4. The Balaban J connectivity index is 1.41. The van der Waals surface area contributed by atoms with Gasteiger partial charge in [0, 0.05) is 18.1 Å². The summed E-state index contributed by atoms with van der Waals surface area (Å²) < 4.78 is 45.7. The van der Waals surface area contributed by atoms with E-state index in [0.717, 1.165) is 27.3 Å². The molecule has 0 unspecified atom stereocenters. The van der Waals surface area contributed by atoms with Crippen LogP contribution >= 0.6 is 15.9 Å². The van der Waals surface area contributed by atoms with Crippen LogP contribution in [0.15, 0.2) is 71.5 Å². The molecule has 0 spiro atoms. The predicted octanol–water partition coefficient (Wildman–Crippen LogP) is 6.11. The first-order chi connectivity index (χ1) is 16.2. The SMILES string of the molecule is O=C1CN(c2cccc(C(F)(F)F)c2)C(=O)N1c1ccc(Oc2ccnc3[nH]ccc23)c(Br)c1. The van der Waals surface area contributed by atoms with Crippen molar-refractivity contribution in [3.05, 3.63) is 77.0 Å². The number of carbonyl (C=O) groups is 2. The number of hydrogen-bond donors (Lipinski definition) is 1. The van der Waals surface area contributed by atoms with E-state index in [9.17, 15) is 22.8 Å². The minimum absolute atomic E-state index is 0.0112. The summed E-state index contributed by atoms with van der Waals surface area (Å²) in [5, 5.41) is 0.778. The summed E-state index contributed by atoms with van der Waals surface area (Å²) in [5.74, 6) is 0.432. The molecule has 0 radical (unpaired) electrons.